The van der Waals surface area contributed by atoms with E-state index in [0.29, 0.717) is 5.56 Å². The number of hydrogen-bond donors (Lipinski definition) is 0. The lowest BCUT2D eigenvalue weighted by molar-refractivity contribution is 0.0377. The average molecular weight is 203 g/mol. The summed E-state index contributed by atoms with van der Waals surface area (Å²) < 4.78 is 7.01. The lowest BCUT2D eigenvalue weighted by Crippen LogP contribution is -2.11. The maximum absolute atomic E-state index is 11.6. The van der Waals surface area contributed by atoms with Gasteiger partial charge in [-0.3, -0.25) is 0 Å². The maximum Gasteiger partial charge on any atom is 0.339 e. The third kappa shape index (κ3) is 2.01. The van der Waals surface area contributed by atoms with Crippen LogP contribution in [0.4, 0.5) is 0 Å². The van der Waals surface area contributed by atoms with Crippen LogP contribution in [0, 0.1) is 0 Å². The van der Waals surface area contributed by atoms with Crippen molar-refractivity contribution in [3.63, 3.8) is 0 Å². The molecule has 0 aliphatic carbocycles. The Hall–Kier alpha value is -1.77. The van der Waals surface area contributed by atoms with Crippen LogP contribution in [0.15, 0.2) is 36.7 Å². The van der Waals surface area contributed by atoms with E-state index < -0.39 is 0 Å². The van der Waals surface area contributed by atoms with Gasteiger partial charge in [-0.25, -0.2) is 4.79 Å². The van der Waals surface area contributed by atoms with Gasteiger partial charge in [-0.05, 0) is 38.1 Å². The van der Waals surface area contributed by atoms with Crippen molar-refractivity contribution in [2.75, 3.05) is 0 Å². The minimum atomic E-state index is -0.277. The molecule has 0 amide bonds. The van der Waals surface area contributed by atoms with Crippen molar-refractivity contribution in [1.29, 1.82) is 0 Å². The van der Waals surface area contributed by atoms with Gasteiger partial charge in [-0.1, -0.05) is 0 Å². The highest BCUT2D eigenvalue weighted by Gasteiger charge is 2.09. The Balaban J connectivity index is 2.31. The van der Waals surface area contributed by atoms with Gasteiger partial charge in [-0.2, -0.15) is 0 Å². The van der Waals surface area contributed by atoms with E-state index in [0.717, 1.165) is 5.52 Å². The Morgan fingerprint density at radius 2 is 2.13 bits per heavy atom. The molecule has 15 heavy (non-hydrogen) atoms. The quantitative estimate of drug-likeness (QED) is 0.702. The molecule has 0 spiro atoms. The summed E-state index contributed by atoms with van der Waals surface area (Å²) in [6, 6.07) is 7.60. The van der Waals surface area contributed by atoms with Crippen molar-refractivity contribution in [2.24, 2.45) is 0 Å². The van der Waals surface area contributed by atoms with Crippen molar-refractivity contribution in [3.8, 4) is 0 Å². The van der Waals surface area contributed by atoms with Gasteiger partial charge in [0.15, 0.2) is 0 Å². The van der Waals surface area contributed by atoms with Gasteiger partial charge in [0.1, 0.15) is 0 Å². The molecule has 0 bridgehead atoms. The fourth-order valence-corrected chi connectivity index (χ4v) is 1.44. The second-order valence-electron chi connectivity index (χ2n) is 3.71. The molecule has 0 atom stereocenters. The van der Waals surface area contributed by atoms with E-state index in [9.17, 15) is 4.79 Å². The molecule has 3 nitrogen and oxygen atoms in total. The summed E-state index contributed by atoms with van der Waals surface area (Å²) in [4.78, 5) is 11.6. The number of fused-ring (bicyclic) bond motifs is 1. The van der Waals surface area contributed by atoms with Gasteiger partial charge in [0.25, 0.3) is 0 Å². The summed E-state index contributed by atoms with van der Waals surface area (Å²) in [7, 11) is 0. The molecule has 0 aliphatic rings. The van der Waals surface area contributed by atoms with Gasteiger partial charge < -0.3 is 9.14 Å². The molecule has 0 N–H and O–H groups in total. The fraction of sp³-hybridized carbons (Fsp3) is 0.250. The van der Waals surface area contributed by atoms with Crippen LogP contribution >= 0.6 is 0 Å². The first-order valence-corrected chi connectivity index (χ1v) is 4.94. The number of esters is 1. The molecule has 0 aliphatic heterocycles. The van der Waals surface area contributed by atoms with Crippen molar-refractivity contribution in [2.45, 2.75) is 20.0 Å². The highest BCUT2D eigenvalue weighted by atomic mass is 16.5. The van der Waals surface area contributed by atoms with Crippen LogP contribution < -0.4 is 0 Å². The van der Waals surface area contributed by atoms with Crippen molar-refractivity contribution < 1.29 is 9.53 Å². The lowest BCUT2D eigenvalue weighted by Gasteiger charge is -2.07. The Labute approximate surface area is 88.3 Å². The molecule has 0 saturated carbocycles. The summed E-state index contributed by atoms with van der Waals surface area (Å²) in [6.45, 7) is 3.68. The highest BCUT2D eigenvalue weighted by molar-refractivity contribution is 5.89. The third-order valence-corrected chi connectivity index (χ3v) is 2.10. The predicted octanol–water partition coefficient (Wildman–Crippen LogP) is 2.50. The predicted molar refractivity (Wildman–Crippen MR) is 57.9 cm³/mol. The van der Waals surface area contributed by atoms with Gasteiger partial charge in [0.2, 0.25) is 0 Å². The first kappa shape index (κ1) is 9.77. The topological polar surface area (TPSA) is 30.7 Å². The first-order valence-electron chi connectivity index (χ1n) is 4.94. The molecule has 0 aromatic carbocycles. The van der Waals surface area contributed by atoms with Crippen LogP contribution in [-0.4, -0.2) is 16.5 Å². The Bertz CT molecular complexity index is 485. The van der Waals surface area contributed by atoms with Crippen LogP contribution in [-0.2, 0) is 4.74 Å². The van der Waals surface area contributed by atoms with E-state index in [4.69, 9.17) is 4.74 Å². The molecule has 3 heteroatoms. The molecule has 0 unspecified atom stereocenters. The molecule has 0 radical (unpaired) electrons. The zero-order valence-electron chi connectivity index (χ0n) is 8.81. The van der Waals surface area contributed by atoms with Crippen LogP contribution in [0.1, 0.15) is 24.2 Å². The zero-order valence-corrected chi connectivity index (χ0v) is 8.81. The minimum Gasteiger partial charge on any atom is -0.459 e. The Morgan fingerprint density at radius 1 is 1.33 bits per heavy atom. The summed E-state index contributed by atoms with van der Waals surface area (Å²) in [6.07, 6.45) is 3.60. The highest BCUT2D eigenvalue weighted by Crippen LogP contribution is 2.09. The number of ether oxygens (including phenoxy) is 1. The van der Waals surface area contributed by atoms with Crippen LogP contribution in [0.2, 0.25) is 0 Å². The van der Waals surface area contributed by atoms with Gasteiger partial charge >= 0.3 is 5.97 Å². The number of hydrogen-bond acceptors (Lipinski definition) is 2. The summed E-state index contributed by atoms with van der Waals surface area (Å²) in [5.41, 5.74) is 1.64. The van der Waals surface area contributed by atoms with Gasteiger partial charge in [0.05, 0.1) is 11.7 Å². The maximum atomic E-state index is 11.6. The lowest BCUT2D eigenvalue weighted by atomic mass is 10.2. The molecule has 0 saturated heterocycles. The van der Waals surface area contributed by atoms with Gasteiger partial charge in [0, 0.05) is 17.9 Å². The number of nitrogens with zero attached hydrogens (tertiary/aromatic N) is 1. The van der Waals surface area contributed by atoms with Crippen LogP contribution in [0.25, 0.3) is 5.52 Å². The molecule has 2 aromatic heterocycles. The van der Waals surface area contributed by atoms with E-state index in [1.807, 2.05) is 42.6 Å². The van der Waals surface area contributed by atoms with E-state index >= 15 is 0 Å². The van der Waals surface area contributed by atoms with Crippen LogP contribution in [0.3, 0.4) is 0 Å². The zero-order chi connectivity index (χ0) is 10.8. The molecular formula is C12H13NO2. The number of carbonyl (C=O) groups is 1. The van der Waals surface area contributed by atoms with Crippen molar-refractivity contribution in [1.82, 2.24) is 4.40 Å². The average Bonchev–Trinajstić information content (AvgIpc) is 2.62. The first-order chi connectivity index (χ1) is 7.16. The molecule has 78 valence electrons. The minimum absolute atomic E-state index is 0.0853. The molecule has 2 heterocycles. The summed E-state index contributed by atoms with van der Waals surface area (Å²) in [5, 5.41) is 0. The van der Waals surface area contributed by atoms with Crippen molar-refractivity contribution >= 4 is 11.5 Å². The second-order valence-corrected chi connectivity index (χ2v) is 3.71. The van der Waals surface area contributed by atoms with Crippen LogP contribution in [0.5, 0.6) is 0 Å². The second kappa shape index (κ2) is 3.77. The van der Waals surface area contributed by atoms with E-state index in [2.05, 4.69) is 0 Å². The molecular weight excluding hydrogens is 190 g/mol. The molecule has 2 aromatic rings. The number of rotatable bonds is 2. The fourth-order valence-electron chi connectivity index (χ4n) is 1.44. The van der Waals surface area contributed by atoms with Gasteiger partial charge in [-0.15, -0.1) is 0 Å². The third-order valence-electron chi connectivity index (χ3n) is 2.10. The smallest absolute Gasteiger partial charge is 0.339 e. The number of pyridine rings is 1. The van der Waals surface area contributed by atoms with E-state index in [1.54, 1.807) is 12.3 Å². The number of carbonyl (C=O) groups excluding carboxylic acids is 1. The summed E-state index contributed by atoms with van der Waals surface area (Å²) in [5.74, 6) is -0.277. The number of aromatic nitrogens is 1. The standard InChI is InChI=1S/C12H13NO2/c1-9(2)15-12(14)10-5-6-11-4-3-7-13(11)8-10/h3-9H,1-2H3. The Morgan fingerprint density at radius 3 is 2.87 bits per heavy atom. The molecule has 2 rings (SSSR count). The Kier molecular flexibility index (Phi) is 2.46. The normalized spacial score (nSPS) is 10.9. The van der Waals surface area contributed by atoms with E-state index in [1.165, 1.54) is 0 Å². The molecule has 0 fully saturated rings. The summed E-state index contributed by atoms with van der Waals surface area (Å²) >= 11 is 0. The SMILES string of the molecule is CC(C)OC(=O)c1ccc2cccn2c1. The monoisotopic (exact) mass is 203 g/mol. The largest absolute Gasteiger partial charge is 0.459 e. The van der Waals surface area contributed by atoms with Crippen molar-refractivity contribution in [3.05, 3.63) is 42.2 Å². The van der Waals surface area contributed by atoms with E-state index in [-0.39, 0.29) is 12.1 Å².